The van der Waals surface area contributed by atoms with E-state index in [0.29, 0.717) is 11.4 Å². The molecule has 1 N–H and O–H groups in total. The van der Waals surface area contributed by atoms with Crippen LogP contribution in [0.1, 0.15) is 33.8 Å². The number of aromatic nitrogens is 3. The number of hydrogen-bond acceptors (Lipinski definition) is 5. The average Bonchev–Trinajstić information content (AvgIpc) is 3.50. The first-order valence-corrected chi connectivity index (χ1v) is 10.2. The highest BCUT2D eigenvalue weighted by molar-refractivity contribution is 7.12. The van der Waals surface area contributed by atoms with Gasteiger partial charge in [-0.15, -0.1) is 11.3 Å². The molecular formula is C21H19N5O3S. The molecule has 1 atom stereocenters. The number of carbonyl (C=O) groups is 1. The molecule has 1 amide bonds. The van der Waals surface area contributed by atoms with Crippen molar-refractivity contribution in [2.75, 3.05) is 0 Å². The largest absolute Gasteiger partial charge is 0.389 e. The molecule has 0 bridgehead atoms. The third-order valence-corrected chi connectivity index (χ3v) is 5.66. The highest BCUT2D eigenvalue weighted by Crippen LogP contribution is 2.20. The topological polar surface area (TPSA) is 95.0 Å². The zero-order valence-corrected chi connectivity index (χ0v) is 17.0. The normalized spacial score (nSPS) is 11.9. The first-order valence-electron chi connectivity index (χ1n) is 9.29. The van der Waals surface area contributed by atoms with E-state index in [1.54, 1.807) is 12.3 Å². The van der Waals surface area contributed by atoms with Crippen LogP contribution < -0.4 is 5.32 Å². The standard InChI is InChI=1S/C21H19N5O3S/c1-15(17-4-6-18(7-5-17)24-9-2-3-10-24)22-21(27)19-12-16(14-30-19)13-25-11-8-20(23-25)26(28)29/h2-12,14-15H,13H2,1H3,(H,22,27). The fraction of sp³-hybridized carbons (Fsp3) is 0.143. The predicted octanol–water partition coefficient (Wildman–Crippen LogP) is 4.18. The summed E-state index contributed by atoms with van der Waals surface area (Å²) in [5, 5.41) is 19.5. The van der Waals surface area contributed by atoms with E-state index in [1.165, 1.54) is 22.1 Å². The lowest BCUT2D eigenvalue weighted by Gasteiger charge is -2.14. The highest BCUT2D eigenvalue weighted by atomic mass is 32.1. The molecule has 4 aromatic rings. The van der Waals surface area contributed by atoms with Crippen molar-refractivity contribution in [3.63, 3.8) is 0 Å². The van der Waals surface area contributed by atoms with E-state index in [4.69, 9.17) is 0 Å². The first kappa shape index (κ1) is 19.6. The van der Waals surface area contributed by atoms with E-state index < -0.39 is 4.92 Å². The van der Waals surface area contributed by atoms with Crippen molar-refractivity contribution in [1.29, 1.82) is 0 Å². The number of nitrogens with one attached hydrogen (secondary N) is 1. The molecule has 9 heteroatoms. The quantitative estimate of drug-likeness (QED) is 0.358. The van der Waals surface area contributed by atoms with Crippen molar-refractivity contribution in [2.24, 2.45) is 0 Å². The minimum atomic E-state index is -0.532. The zero-order chi connectivity index (χ0) is 21.1. The SMILES string of the molecule is CC(NC(=O)c1cc(Cn2ccc([N+](=O)[O-])n2)cs1)c1ccc(-n2cccc2)cc1. The molecule has 0 spiro atoms. The van der Waals surface area contributed by atoms with Crippen LogP contribution in [-0.2, 0) is 6.54 Å². The number of rotatable bonds is 7. The van der Waals surface area contributed by atoms with Gasteiger partial charge in [0, 0.05) is 18.1 Å². The molecule has 0 aliphatic rings. The van der Waals surface area contributed by atoms with Crippen LogP contribution >= 0.6 is 11.3 Å². The molecule has 1 aromatic carbocycles. The molecule has 4 rings (SSSR count). The van der Waals surface area contributed by atoms with Gasteiger partial charge in [-0.2, -0.15) is 4.68 Å². The predicted molar refractivity (Wildman–Crippen MR) is 114 cm³/mol. The summed E-state index contributed by atoms with van der Waals surface area (Å²) < 4.78 is 3.51. The van der Waals surface area contributed by atoms with Crippen molar-refractivity contribution < 1.29 is 9.72 Å². The number of nitrogens with zero attached hydrogens (tertiary/aromatic N) is 4. The summed E-state index contributed by atoms with van der Waals surface area (Å²) in [7, 11) is 0. The second kappa shape index (κ2) is 8.34. The Hall–Kier alpha value is -3.72. The van der Waals surface area contributed by atoms with Crippen LogP contribution in [0.4, 0.5) is 5.82 Å². The van der Waals surface area contributed by atoms with Gasteiger partial charge < -0.3 is 20.0 Å². The fourth-order valence-electron chi connectivity index (χ4n) is 3.09. The van der Waals surface area contributed by atoms with Gasteiger partial charge in [0.15, 0.2) is 0 Å². The van der Waals surface area contributed by atoms with Crippen LogP contribution in [0.5, 0.6) is 0 Å². The monoisotopic (exact) mass is 421 g/mol. The Morgan fingerprint density at radius 3 is 2.60 bits per heavy atom. The fourth-order valence-corrected chi connectivity index (χ4v) is 3.90. The van der Waals surface area contributed by atoms with Crippen molar-refractivity contribution in [2.45, 2.75) is 19.5 Å². The second-order valence-electron chi connectivity index (χ2n) is 6.82. The maximum atomic E-state index is 12.6. The molecule has 30 heavy (non-hydrogen) atoms. The molecule has 0 aliphatic carbocycles. The third kappa shape index (κ3) is 4.31. The minimum Gasteiger partial charge on any atom is -0.358 e. The molecule has 0 aliphatic heterocycles. The first-order chi connectivity index (χ1) is 14.5. The zero-order valence-electron chi connectivity index (χ0n) is 16.1. The lowest BCUT2D eigenvalue weighted by molar-refractivity contribution is -0.389. The van der Waals surface area contributed by atoms with E-state index in [1.807, 2.05) is 65.7 Å². The molecular weight excluding hydrogens is 402 g/mol. The van der Waals surface area contributed by atoms with Gasteiger partial charge in [-0.25, -0.2) is 0 Å². The highest BCUT2D eigenvalue weighted by Gasteiger charge is 2.16. The van der Waals surface area contributed by atoms with Crippen molar-refractivity contribution in [1.82, 2.24) is 19.7 Å². The Balaban J connectivity index is 1.38. The van der Waals surface area contributed by atoms with Crippen molar-refractivity contribution >= 4 is 23.1 Å². The van der Waals surface area contributed by atoms with Gasteiger partial charge in [-0.05, 0) is 58.7 Å². The molecule has 3 heterocycles. The van der Waals surface area contributed by atoms with Crippen LogP contribution in [0, 0.1) is 10.1 Å². The number of benzene rings is 1. The van der Waals surface area contributed by atoms with Crippen LogP contribution in [-0.4, -0.2) is 25.2 Å². The van der Waals surface area contributed by atoms with Gasteiger partial charge in [-0.1, -0.05) is 12.1 Å². The van der Waals surface area contributed by atoms with Crippen LogP contribution in [0.25, 0.3) is 5.69 Å². The van der Waals surface area contributed by atoms with Crippen molar-refractivity contribution in [3.8, 4) is 5.69 Å². The van der Waals surface area contributed by atoms with Gasteiger partial charge in [0.25, 0.3) is 5.91 Å². The summed E-state index contributed by atoms with van der Waals surface area (Å²) in [6.45, 7) is 2.31. The van der Waals surface area contributed by atoms with E-state index in [0.717, 1.165) is 16.8 Å². The van der Waals surface area contributed by atoms with Gasteiger partial charge in [0.2, 0.25) is 0 Å². The van der Waals surface area contributed by atoms with Crippen LogP contribution in [0.15, 0.2) is 72.5 Å². The maximum Gasteiger partial charge on any atom is 0.389 e. The molecule has 0 saturated carbocycles. The van der Waals surface area contributed by atoms with E-state index in [2.05, 4.69) is 10.4 Å². The number of hydrogen-bond donors (Lipinski definition) is 1. The average molecular weight is 421 g/mol. The smallest absolute Gasteiger partial charge is 0.358 e. The van der Waals surface area contributed by atoms with Crippen LogP contribution in [0.2, 0.25) is 0 Å². The van der Waals surface area contributed by atoms with E-state index >= 15 is 0 Å². The Bertz CT molecular complexity index is 1160. The summed E-state index contributed by atoms with van der Waals surface area (Å²) in [5.41, 5.74) is 2.94. The Morgan fingerprint density at radius 2 is 1.93 bits per heavy atom. The molecule has 152 valence electrons. The molecule has 0 fully saturated rings. The van der Waals surface area contributed by atoms with E-state index in [-0.39, 0.29) is 17.8 Å². The lowest BCUT2D eigenvalue weighted by atomic mass is 10.1. The molecule has 8 nitrogen and oxygen atoms in total. The Labute approximate surface area is 176 Å². The summed E-state index contributed by atoms with van der Waals surface area (Å²) in [6, 6.07) is 15.0. The third-order valence-electron chi connectivity index (χ3n) is 4.68. The van der Waals surface area contributed by atoms with Crippen molar-refractivity contribution in [3.05, 3.63) is 98.6 Å². The molecule has 0 saturated heterocycles. The summed E-state index contributed by atoms with van der Waals surface area (Å²) in [4.78, 5) is 23.4. The van der Waals surface area contributed by atoms with E-state index in [9.17, 15) is 14.9 Å². The van der Waals surface area contributed by atoms with Gasteiger partial charge in [0.1, 0.15) is 0 Å². The minimum absolute atomic E-state index is 0.143. The van der Waals surface area contributed by atoms with Gasteiger partial charge >= 0.3 is 5.82 Å². The molecule has 0 radical (unpaired) electrons. The maximum absolute atomic E-state index is 12.6. The van der Waals surface area contributed by atoms with Crippen LogP contribution in [0.3, 0.4) is 0 Å². The Kier molecular flexibility index (Phi) is 5.44. The second-order valence-corrected chi connectivity index (χ2v) is 7.74. The van der Waals surface area contributed by atoms with Gasteiger partial charge in [0.05, 0.1) is 34.8 Å². The number of amides is 1. The lowest BCUT2D eigenvalue weighted by Crippen LogP contribution is -2.25. The number of nitro groups is 1. The molecule has 3 aromatic heterocycles. The summed E-state index contributed by atoms with van der Waals surface area (Å²) >= 11 is 1.34. The Morgan fingerprint density at radius 1 is 1.20 bits per heavy atom. The molecule has 1 unspecified atom stereocenters. The van der Waals surface area contributed by atoms with Gasteiger partial charge in [-0.3, -0.25) is 4.79 Å². The number of thiophene rings is 1. The number of carbonyl (C=O) groups excluding carboxylic acids is 1. The summed E-state index contributed by atoms with van der Waals surface area (Å²) in [6.07, 6.45) is 5.51. The summed E-state index contributed by atoms with van der Waals surface area (Å²) in [5.74, 6) is -0.348.